The molecule has 0 saturated heterocycles. The van der Waals surface area contributed by atoms with Crippen LogP contribution in [0.4, 0.5) is 5.82 Å². The van der Waals surface area contributed by atoms with Crippen LogP contribution in [0.5, 0.6) is 0 Å². The zero-order valence-electron chi connectivity index (χ0n) is 16.2. The smallest absolute Gasteiger partial charge is 0.254 e. The highest BCUT2D eigenvalue weighted by Crippen LogP contribution is 2.38. The molecular formula is C20H29N5O. The van der Waals surface area contributed by atoms with Gasteiger partial charge in [0.2, 0.25) is 0 Å². The zero-order chi connectivity index (χ0) is 18.7. The molecule has 0 atom stereocenters. The molecule has 2 aromatic heterocycles. The van der Waals surface area contributed by atoms with Crippen molar-refractivity contribution in [1.82, 2.24) is 19.9 Å². The maximum Gasteiger partial charge on any atom is 0.254 e. The average Bonchev–Trinajstić information content (AvgIpc) is 3.06. The summed E-state index contributed by atoms with van der Waals surface area (Å²) >= 11 is 0. The van der Waals surface area contributed by atoms with Crippen LogP contribution in [0.1, 0.15) is 36.9 Å². The fraction of sp³-hybridized carbons (Fsp3) is 0.550. The van der Waals surface area contributed by atoms with Crippen LogP contribution >= 0.6 is 0 Å². The molecule has 1 fully saturated rings. The highest BCUT2D eigenvalue weighted by Gasteiger charge is 2.34. The summed E-state index contributed by atoms with van der Waals surface area (Å²) in [5, 5.41) is 3.51. The van der Waals surface area contributed by atoms with Crippen molar-refractivity contribution in [3.8, 4) is 11.4 Å². The SMILES string of the molecule is Cc1nc(-c2ccc(NCC3(CN(C)C)CCCC3)nc2)[nH]c(=O)c1C. The summed E-state index contributed by atoms with van der Waals surface area (Å²) in [7, 11) is 4.29. The zero-order valence-corrected chi connectivity index (χ0v) is 16.2. The van der Waals surface area contributed by atoms with Crippen molar-refractivity contribution in [3.05, 3.63) is 39.9 Å². The lowest BCUT2D eigenvalue weighted by Gasteiger charge is -2.32. The van der Waals surface area contributed by atoms with E-state index >= 15 is 0 Å². The number of aromatic amines is 1. The third-order valence-corrected chi connectivity index (χ3v) is 5.39. The monoisotopic (exact) mass is 355 g/mol. The topological polar surface area (TPSA) is 73.9 Å². The molecule has 2 aromatic rings. The van der Waals surface area contributed by atoms with Crippen molar-refractivity contribution in [3.63, 3.8) is 0 Å². The molecule has 2 N–H and O–H groups in total. The van der Waals surface area contributed by atoms with Gasteiger partial charge in [0.15, 0.2) is 0 Å². The molecule has 0 unspecified atom stereocenters. The molecule has 2 heterocycles. The summed E-state index contributed by atoms with van der Waals surface area (Å²) in [6, 6.07) is 3.92. The van der Waals surface area contributed by atoms with Gasteiger partial charge in [-0.3, -0.25) is 4.79 Å². The average molecular weight is 355 g/mol. The maximum absolute atomic E-state index is 11.9. The number of H-pyrrole nitrogens is 1. The number of aryl methyl sites for hydroxylation is 1. The summed E-state index contributed by atoms with van der Waals surface area (Å²) in [4.78, 5) is 26.0. The molecule has 0 bridgehead atoms. The Labute approximate surface area is 155 Å². The Kier molecular flexibility index (Phi) is 5.41. The van der Waals surface area contributed by atoms with E-state index in [1.165, 1.54) is 25.7 Å². The second kappa shape index (κ2) is 7.58. The number of hydrogen-bond donors (Lipinski definition) is 2. The van der Waals surface area contributed by atoms with Gasteiger partial charge in [0.05, 0.1) is 0 Å². The van der Waals surface area contributed by atoms with E-state index in [0.29, 0.717) is 16.8 Å². The van der Waals surface area contributed by atoms with Crippen LogP contribution < -0.4 is 10.9 Å². The minimum atomic E-state index is -0.0958. The Hall–Kier alpha value is -2.21. The van der Waals surface area contributed by atoms with Gasteiger partial charge in [0.25, 0.3) is 5.56 Å². The first-order valence-electron chi connectivity index (χ1n) is 9.31. The van der Waals surface area contributed by atoms with Crippen molar-refractivity contribution >= 4 is 5.82 Å². The second-order valence-electron chi connectivity index (χ2n) is 7.86. The summed E-state index contributed by atoms with van der Waals surface area (Å²) in [5.41, 5.74) is 2.46. The van der Waals surface area contributed by atoms with Crippen LogP contribution in [0, 0.1) is 19.3 Å². The van der Waals surface area contributed by atoms with Crippen LogP contribution in [0.3, 0.4) is 0 Å². The Morgan fingerprint density at radius 3 is 2.54 bits per heavy atom. The normalized spacial score (nSPS) is 16.2. The minimum Gasteiger partial charge on any atom is -0.369 e. The van der Waals surface area contributed by atoms with Gasteiger partial charge < -0.3 is 15.2 Å². The first-order chi connectivity index (χ1) is 12.4. The molecule has 0 radical (unpaired) electrons. The first-order valence-corrected chi connectivity index (χ1v) is 9.31. The fourth-order valence-corrected chi connectivity index (χ4v) is 3.89. The number of rotatable bonds is 6. The van der Waals surface area contributed by atoms with Crippen LogP contribution in [0.15, 0.2) is 23.1 Å². The van der Waals surface area contributed by atoms with Gasteiger partial charge in [-0.1, -0.05) is 12.8 Å². The predicted molar refractivity (Wildman–Crippen MR) is 106 cm³/mol. The van der Waals surface area contributed by atoms with E-state index < -0.39 is 0 Å². The number of pyridine rings is 1. The van der Waals surface area contributed by atoms with E-state index in [1.807, 2.05) is 19.1 Å². The quantitative estimate of drug-likeness (QED) is 0.833. The molecule has 1 aliphatic rings. The Morgan fingerprint density at radius 1 is 1.23 bits per heavy atom. The molecule has 0 amide bonds. The van der Waals surface area contributed by atoms with E-state index in [9.17, 15) is 4.79 Å². The molecule has 3 rings (SSSR count). The number of nitrogens with one attached hydrogen (secondary N) is 2. The standard InChI is InChI=1S/C20H29N5O/c1-14-15(2)23-18(24-19(14)26)16-7-8-17(21-11-16)22-12-20(13-25(3)4)9-5-6-10-20/h7-8,11H,5-6,9-10,12-13H2,1-4H3,(H,21,22)(H,23,24,26). The molecule has 1 saturated carbocycles. The van der Waals surface area contributed by atoms with Crippen molar-refractivity contribution in [2.45, 2.75) is 39.5 Å². The van der Waals surface area contributed by atoms with Crippen molar-refractivity contribution in [2.24, 2.45) is 5.41 Å². The lowest BCUT2D eigenvalue weighted by Crippen LogP contribution is -2.37. The molecule has 6 nitrogen and oxygen atoms in total. The summed E-state index contributed by atoms with van der Waals surface area (Å²) < 4.78 is 0. The molecule has 140 valence electrons. The highest BCUT2D eigenvalue weighted by molar-refractivity contribution is 5.56. The van der Waals surface area contributed by atoms with Crippen LogP contribution in [-0.2, 0) is 0 Å². The van der Waals surface area contributed by atoms with Gasteiger partial charge in [-0.25, -0.2) is 9.97 Å². The molecule has 0 aromatic carbocycles. The van der Waals surface area contributed by atoms with Gasteiger partial charge in [-0.2, -0.15) is 0 Å². The molecular weight excluding hydrogens is 326 g/mol. The van der Waals surface area contributed by atoms with Gasteiger partial charge in [-0.05, 0) is 52.9 Å². The van der Waals surface area contributed by atoms with Crippen LogP contribution in [0.2, 0.25) is 0 Å². The van der Waals surface area contributed by atoms with Crippen molar-refractivity contribution < 1.29 is 0 Å². The van der Waals surface area contributed by atoms with Crippen LogP contribution in [0.25, 0.3) is 11.4 Å². The lowest BCUT2D eigenvalue weighted by molar-refractivity contribution is 0.215. The van der Waals surface area contributed by atoms with E-state index in [-0.39, 0.29) is 5.56 Å². The second-order valence-corrected chi connectivity index (χ2v) is 7.86. The Balaban J connectivity index is 1.71. The van der Waals surface area contributed by atoms with Crippen LogP contribution in [-0.4, -0.2) is 47.0 Å². The van der Waals surface area contributed by atoms with Gasteiger partial charge in [0.1, 0.15) is 11.6 Å². The fourth-order valence-electron chi connectivity index (χ4n) is 3.89. The van der Waals surface area contributed by atoms with Gasteiger partial charge in [0, 0.05) is 41.5 Å². The number of aromatic nitrogens is 3. The van der Waals surface area contributed by atoms with E-state index in [4.69, 9.17) is 0 Å². The molecule has 0 aliphatic heterocycles. The number of hydrogen-bond acceptors (Lipinski definition) is 5. The van der Waals surface area contributed by atoms with Crippen molar-refractivity contribution in [1.29, 1.82) is 0 Å². The Bertz CT molecular complexity index is 804. The third-order valence-electron chi connectivity index (χ3n) is 5.39. The maximum atomic E-state index is 11.9. The van der Waals surface area contributed by atoms with Crippen molar-refractivity contribution in [2.75, 3.05) is 32.5 Å². The molecule has 6 heteroatoms. The lowest BCUT2D eigenvalue weighted by atomic mass is 9.85. The largest absolute Gasteiger partial charge is 0.369 e. The number of anilines is 1. The predicted octanol–water partition coefficient (Wildman–Crippen LogP) is 2.98. The molecule has 1 aliphatic carbocycles. The molecule has 26 heavy (non-hydrogen) atoms. The van der Waals surface area contributed by atoms with Gasteiger partial charge >= 0.3 is 0 Å². The third kappa shape index (κ3) is 4.12. The highest BCUT2D eigenvalue weighted by atomic mass is 16.1. The van der Waals surface area contributed by atoms with E-state index in [0.717, 1.165) is 30.2 Å². The summed E-state index contributed by atoms with van der Waals surface area (Å²) in [6.07, 6.45) is 6.93. The molecule has 0 spiro atoms. The van der Waals surface area contributed by atoms with Gasteiger partial charge in [-0.15, -0.1) is 0 Å². The minimum absolute atomic E-state index is 0.0958. The number of nitrogens with zero attached hydrogens (tertiary/aromatic N) is 3. The summed E-state index contributed by atoms with van der Waals surface area (Å²) in [6.45, 7) is 5.67. The van der Waals surface area contributed by atoms with E-state index in [2.05, 4.69) is 39.3 Å². The van der Waals surface area contributed by atoms with E-state index in [1.54, 1.807) is 13.1 Å². The summed E-state index contributed by atoms with van der Waals surface area (Å²) in [5.74, 6) is 1.43. The Morgan fingerprint density at radius 2 is 1.96 bits per heavy atom. The first kappa shape index (κ1) is 18.6.